The average Bonchev–Trinajstić information content (AvgIpc) is 2.75. The van der Waals surface area contributed by atoms with E-state index < -0.39 is 0 Å². The van der Waals surface area contributed by atoms with Gasteiger partial charge in [0.15, 0.2) is 0 Å². The molecule has 1 unspecified atom stereocenters. The Balaban J connectivity index is 1.91. The topological polar surface area (TPSA) is 48.5 Å². The van der Waals surface area contributed by atoms with E-state index in [9.17, 15) is 4.79 Å². The molecule has 5 heteroatoms. The molecule has 20 heavy (non-hydrogen) atoms. The first-order valence-corrected chi connectivity index (χ1v) is 7.27. The van der Waals surface area contributed by atoms with E-state index in [1.165, 1.54) is 0 Å². The summed E-state index contributed by atoms with van der Waals surface area (Å²) in [6.45, 7) is 6.52. The van der Waals surface area contributed by atoms with Crippen LogP contribution in [-0.4, -0.2) is 60.5 Å². The summed E-state index contributed by atoms with van der Waals surface area (Å²) in [5.41, 5.74) is 1.12. The van der Waals surface area contributed by atoms with Crippen molar-refractivity contribution in [1.82, 2.24) is 20.1 Å². The van der Waals surface area contributed by atoms with Gasteiger partial charge in [-0.25, -0.2) is 0 Å². The van der Waals surface area contributed by atoms with Gasteiger partial charge in [-0.1, -0.05) is 0 Å². The van der Waals surface area contributed by atoms with Crippen LogP contribution < -0.4 is 5.32 Å². The van der Waals surface area contributed by atoms with Gasteiger partial charge in [0.1, 0.15) is 0 Å². The van der Waals surface area contributed by atoms with Crippen molar-refractivity contribution in [1.29, 1.82) is 0 Å². The Morgan fingerprint density at radius 3 is 2.90 bits per heavy atom. The summed E-state index contributed by atoms with van der Waals surface area (Å²) >= 11 is 0. The van der Waals surface area contributed by atoms with E-state index in [-0.39, 0.29) is 11.9 Å². The van der Waals surface area contributed by atoms with Gasteiger partial charge in [-0.2, -0.15) is 0 Å². The average molecular weight is 276 g/mol. The number of nitrogens with one attached hydrogen (secondary N) is 1. The largest absolute Gasteiger partial charge is 0.338 e. The molecule has 1 aliphatic rings. The zero-order chi connectivity index (χ0) is 14.4. The van der Waals surface area contributed by atoms with Crippen molar-refractivity contribution in [2.45, 2.75) is 19.4 Å². The van der Waals surface area contributed by atoms with Crippen LogP contribution in [0.25, 0.3) is 0 Å². The quantitative estimate of drug-likeness (QED) is 0.887. The normalized spacial score (nSPS) is 18.3. The third-order valence-electron chi connectivity index (χ3n) is 3.95. The number of hydrogen-bond acceptors (Lipinski definition) is 4. The number of carbonyl (C=O) groups excluding carboxylic acids is 1. The number of aromatic nitrogens is 1. The lowest BCUT2D eigenvalue weighted by atomic mass is 10.1. The van der Waals surface area contributed by atoms with E-state index >= 15 is 0 Å². The maximum Gasteiger partial charge on any atom is 0.236 e. The van der Waals surface area contributed by atoms with Gasteiger partial charge in [-0.3, -0.25) is 14.7 Å². The van der Waals surface area contributed by atoms with Crippen molar-refractivity contribution in [3.05, 3.63) is 30.1 Å². The van der Waals surface area contributed by atoms with Crippen molar-refractivity contribution < 1.29 is 4.79 Å². The molecule has 1 fully saturated rings. The first-order valence-electron chi connectivity index (χ1n) is 7.27. The van der Waals surface area contributed by atoms with Crippen molar-refractivity contribution >= 4 is 5.91 Å². The Hall–Kier alpha value is -1.46. The summed E-state index contributed by atoms with van der Waals surface area (Å²) in [4.78, 5) is 20.5. The molecule has 1 saturated heterocycles. The fraction of sp³-hybridized carbons (Fsp3) is 0.600. The molecular formula is C15H24N4O. The summed E-state index contributed by atoms with van der Waals surface area (Å²) in [5.74, 6) is 0.177. The van der Waals surface area contributed by atoms with Crippen molar-refractivity contribution in [2.24, 2.45) is 0 Å². The lowest BCUT2D eigenvalue weighted by molar-refractivity contribution is -0.133. The molecule has 1 N–H and O–H groups in total. The molecule has 1 atom stereocenters. The molecule has 0 aromatic carbocycles. The fourth-order valence-electron chi connectivity index (χ4n) is 2.44. The molecule has 1 aliphatic heterocycles. The lowest BCUT2D eigenvalue weighted by Gasteiger charge is -2.28. The van der Waals surface area contributed by atoms with Crippen LogP contribution in [0.5, 0.6) is 0 Å². The van der Waals surface area contributed by atoms with Gasteiger partial charge in [0, 0.05) is 32.5 Å². The maximum atomic E-state index is 12.4. The van der Waals surface area contributed by atoms with Crippen molar-refractivity contribution in [3.8, 4) is 0 Å². The first-order chi connectivity index (χ1) is 9.68. The van der Waals surface area contributed by atoms with E-state index in [2.05, 4.69) is 22.1 Å². The number of nitrogens with zero attached hydrogens (tertiary/aromatic N) is 3. The second-order valence-electron chi connectivity index (χ2n) is 5.34. The molecule has 110 valence electrons. The third kappa shape index (κ3) is 4.02. The number of likely N-dealkylation sites (N-methyl/N-ethyl adjacent to an activating group) is 1. The Labute approximate surface area is 121 Å². The van der Waals surface area contributed by atoms with E-state index in [4.69, 9.17) is 0 Å². The first kappa shape index (κ1) is 14.9. The number of rotatable bonds is 4. The third-order valence-corrected chi connectivity index (χ3v) is 3.95. The number of hydrogen-bond donors (Lipinski definition) is 1. The van der Waals surface area contributed by atoms with Gasteiger partial charge in [0.2, 0.25) is 5.91 Å². The van der Waals surface area contributed by atoms with Gasteiger partial charge in [-0.15, -0.1) is 0 Å². The molecule has 1 amide bonds. The van der Waals surface area contributed by atoms with Crippen LogP contribution in [0.2, 0.25) is 0 Å². The van der Waals surface area contributed by atoms with Crippen LogP contribution in [-0.2, 0) is 4.79 Å². The van der Waals surface area contributed by atoms with E-state index in [1.54, 1.807) is 12.4 Å². The highest BCUT2D eigenvalue weighted by Gasteiger charge is 2.20. The van der Waals surface area contributed by atoms with Crippen LogP contribution in [0.1, 0.15) is 24.9 Å². The molecule has 0 aliphatic carbocycles. The Morgan fingerprint density at radius 2 is 2.15 bits per heavy atom. The molecule has 2 heterocycles. The van der Waals surface area contributed by atoms with Crippen LogP contribution in [0.4, 0.5) is 0 Å². The standard InChI is InChI=1S/C15H24N4O/c1-13(14-4-7-17-8-5-14)18(2)15(20)12-19-10-3-6-16-9-11-19/h4-5,7-8,13,16H,3,6,9-12H2,1-2H3. The van der Waals surface area contributed by atoms with Gasteiger partial charge in [-0.05, 0) is 44.1 Å². The van der Waals surface area contributed by atoms with Crippen LogP contribution in [0.3, 0.4) is 0 Å². The maximum absolute atomic E-state index is 12.4. The minimum absolute atomic E-state index is 0.0793. The Morgan fingerprint density at radius 1 is 1.40 bits per heavy atom. The molecule has 0 saturated carbocycles. The van der Waals surface area contributed by atoms with Crippen LogP contribution in [0, 0.1) is 0 Å². The highest BCUT2D eigenvalue weighted by Crippen LogP contribution is 2.17. The SMILES string of the molecule is CC(c1ccncc1)N(C)C(=O)CN1CCCNCC1. The Kier molecular flexibility index (Phi) is 5.49. The summed E-state index contributed by atoms with van der Waals surface area (Å²) < 4.78 is 0. The number of carbonyl (C=O) groups is 1. The van der Waals surface area contributed by atoms with E-state index in [1.807, 2.05) is 24.1 Å². The zero-order valence-corrected chi connectivity index (χ0v) is 12.4. The second-order valence-corrected chi connectivity index (χ2v) is 5.34. The van der Waals surface area contributed by atoms with E-state index in [0.29, 0.717) is 6.54 Å². The molecule has 1 aromatic rings. The molecule has 0 radical (unpaired) electrons. The minimum Gasteiger partial charge on any atom is -0.338 e. The highest BCUT2D eigenvalue weighted by atomic mass is 16.2. The van der Waals surface area contributed by atoms with Crippen LogP contribution >= 0.6 is 0 Å². The van der Waals surface area contributed by atoms with Crippen molar-refractivity contribution in [3.63, 3.8) is 0 Å². The summed E-state index contributed by atoms with van der Waals surface area (Å²) in [6.07, 6.45) is 4.64. The summed E-state index contributed by atoms with van der Waals surface area (Å²) in [6, 6.07) is 4.00. The molecule has 1 aromatic heterocycles. The molecule has 2 rings (SSSR count). The lowest BCUT2D eigenvalue weighted by Crippen LogP contribution is -2.40. The molecule has 0 spiro atoms. The van der Waals surface area contributed by atoms with Gasteiger partial charge >= 0.3 is 0 Å². The molecule has 0 bridgehead atoms. The number of amides is 1. The number of pyridine rings is 1. The van der Waals surface area contributed by atoms with Gasteiger partial charge in [0.05, 0.1) is 12.6 Å². The molecular weight excluding hydrogens is 252 g/mol. The zero-order valence-electron chi connectivity index (χ0n) is 12.4. The van der Waals surface area contributed by atoms with Crippen LogP contribution in [0.15, 0.2) is 24.5 Å². The predicted octanol–water partition coefficient (Wildman–Crippen LogP) is 0.896. The smallest absolute Gasteiger partial charge is 0.236 e. The monoisotopic (exact) mass is 276 g/mol. The molecule has 5 nitrogen and oxygen atoms in total. The Bertz CT molecular complexity index is 415. The highest BCUT2D eigenvalue weighted by molar-refractivity contribution is 5.78. The van der Waals surface area contributed by atoms with E-state index in [0.717, 1.165) is 38.2 Å². The summed E-state index contributed by atoms with van der Waals surface area (Å²) in [7, 11) is 1.88. The summed E-state index contributed by atoms with van der Waals surface area (Å²) in [5, 5.41) is 3.35. The predicted molar refractivity (Wildman–Crippen MR) is 79.3 cm³/mol. The minimum atomic E-state index is 0.0793. The van der Waals surface area contributed by atoms with Gasteiger partial charge in [0.25, 0.3) is 0 Å². The second kappa shape index (κ2) is 7.36. The fourth-order valence-corrected chi connectivity index (χ4v) is 2.44. The van der Waals surface area contributed by atoms with Crippen molar-refractivity contribution in [2.75, 3.05) is 39.8 Å². The van der Waals surface area contributed by atoms with Gasteiger partial charge < -0.3 is 10.2 Å².